The van der Waals surface area contributed by atoms with Gasteiger partial charge in [-0.1, -0.05) is 54.6 Å². The van der Waals surface area contributed by atoms with Crippen molar-refractivity contribution in [1.82, 2.24) is 10.6 Å². The molecule has 2 aromatic carbocycles. The Labute approximate surface area is 192 Å². The molecular weight excluding hydrogens is 424 g/mol. The summed E-state index contributed by atoms with van der Waals surface area (Å²) in [5.74, 6) is -2.04. The van der Waals surface area contributed by atoms with Crippen molar-refractivity contribution < 1.29 is 29.0 Å². The highest BCUT2D eigenvalue weighted by molar-refractivity contribution is 5.92. The normalized spacial score (nSPS) is 14.8. The van der Waals surface area contributed by atoms with Crippen LogP contribution in [-0.2, 0) is 19.1 Å². The van der Waals surface area contributed by atoms with Crippen LogP contribution in [0.2, 0.25) is 0 Å². The van der Waals surface area contributed by atoms with Crippen molar-refractivity contribution in [3.8, 4) is 11.1 Å². The van der Waals surface area contributed by atoms with Gasteiger partial charge in [-0.2, -0.15) is 0 Å². The SMILES string of the molecule is C=CCC(NC(=O)C(C)(COC)NC(=O)OCC1c2ccccc2-c2ccccc21)C(=O)O. The van der Waals surface area contributed by atoms with Gasteiger partial charge < -0.3 is 25.2 Å². The van der Waals surface area contributed by atoms with E-state index in [4.69, 9.17) is 9.47 Å². The number of amides is 2. The molecule has 3 N–H and O–H groups in total. The number of carboxylic acid groups (broad SMARTS) is 1. The zero-order valence-corrected chi connectivity index (χ0v) is 18.7. The first kappa shape index (κ1) is 24.0. The fraction of sp³-hybridized carbons (Fsp3) is 0.320. The molecule has 33 heavy (non-hydrogen) atoms. The standard InChI is InChI=1S/C25H28N2O6/c1-4-9-21(22(28)29)26-23(30)25(2,15-32-3)27-24(31)33-14-20-18-12-7-5-10-16(18)17-11-6-8-13-19(17)20/h4-8,10-13,20-21H,1,9,14-15H2,2-3H3,(H,26,30)(H,27,31)(H,28,29). The zero-order chi connectivity index (χ0) is 24.0. The number of methoxy groups -OCH3 is 1. The number of benzene rings is 2. The smallest absolute Gasteiger partial charge is 0.408 e. The van der Waals surface area contributed by atoms with Gasteiger partial charge in [0.1, 0.15) is 18.2 Å². The minimum atomic E-state index is -1.54. The molecule has 1 aliphatic carbocycles. The van der Waals surface area contributed by atoms with Crippen molar-refractivity contribution >= 4 is 18.0 Å². The van der Waals surface area contributed by atoms with Crippen molar-refractivity contribution in [2.24, 2.45) is 0 Å². The molecular formula is C25H28N2O6. The summed E-state index contributed by atoms with van der Waals surface area (Å²) in [6, 6.07) is 14.8. The van der Waals surface area contributed by atoms with Crippen LogP contribution in [0.25, 0.3) is 11.1 Å². The zero-order valence-electron chi connectivity index (χ0n) is 18.7. The molecule has 174 valence electrons. The summed E-state index contributed by atoms with van der Waals surface area (Å²) >= 11 is 0. The van der Waals surface area contributed by atoms with Gasteiger partial charge in [0, 0.05) is 13.0 Å². The second kappa shape index (κ2) is 10.3. The maximum absolute atomic E-state index is 12.8. The lowest BCUT2D eigenvalue weighted by molar-refractivity contribution is -0.143. The summed E-state index contributed by atoms with van der Waals surface area (Å²) < 4.78 is 10.6. The summed E-state index contributed by atoms with van der Waals surface area (Å²) in [4.78, 5) is 36.8. The maximum atomic E-state index is 12.8. The molecule has 2 amide bonds. The summed E-state index contributed by atoms with van der Waals surface area (Å²) in [6.45, 7) is 4.85. The van der Waals surface area contributed by atoms with E-state index in [-0.39, 0.29) is 25.6 Å². The number of rotatable bonds is 10. The minimum absolute atomic E-state index is 0.0368. The predicted molar refractivity (Wildman–Crippen MR) is 123 cm³/mol. The van der Waals surface area contributed by atoms with Crippen LogP contribution in [0.3, 0.4) is 0 Å². The summed E-state index contributed by atoms with van der Waals surface area (Å²) in [5, 5.41) is 14.2. The molecule has 2 unspecified atom stereocenters. The molecule has 8 heteroatoms. The van der Waals surface area contributed by atoms with Gasteiger partial charge >= 0.3 is 12.1 Å². The number of carbonyl (C=O) groups is 3. The monoisotopic (exact) mass is 452 g/mol. The highest BCUT2D eigenvalue weighted by Crippen LogP contribution is 2.44. The van der Waals surface area contributed by atoms with Gasteiger partial charge in [-0.05, 0) is 35.6 Å². The Morgan fingerprint density at radius 1 is 1.12 bits per heavy atom. The molecule has 0 saturated carbocycles. The summed E-state index contributed by atoms with van der Waals surface area (Å²) in [6.07, 6.45) is 0.628. The number of carboxylic acids is 1. The molecule has 3 rings (SSSR count). The minimum Gasteiger partial charge on any atom is -0.480 e. The van der Waals surface area contributed by atoms with Crippen LogP contribution in [0.1, 0.15) is 30.4 Å². The lowest BCUT2D eigenvalue weighted by Crippen LogP contribution is -2.61. The van der Waals surface area contributed by atoms with E-state index in [2.05, 4.69) is 17.2 Å². The number of ether oxygens (including phenoxy) is 2. The first-order valence-electron chi connectivity index (χ1n) is 10.6. The van der Waals surface area contributed by atoms with E-state index in [0.29, 0.717) is 0 Å². The topological polar surface area (TPSA) is 114 Å². The van der Waals surface area contributed by atoms with Gasteiger partial charge in [0.15, 0.2) is 0 Å². The van der Waals surface area contributed by atoms with Crippen LogP contribution in [0.5, 0.6) is 0 Å². The highest BCUT2D eigenvalue weighted by atomic mass is 16.5. The fourth-order valence-corrected chi connectivity index (χ4v) is 4.01. The number of alkyl carbamates (subject to hydrolysis) is 1. The average molecular weight is 453 g/mol. The van der Waals surface area contributed by atoms with Gasteiger partial charge in [0.2, 0.25) is 5.91 Å². The Hall–Kier alpha value is -3.65. The van der Waals surface area contributed by atoms with E-state index in [1.54, 1.807) is 0 Å². The fourth-order valence-electron chi connectivity index (χ4n) is 4.01. The third kappa shape index (κ3) is 5.23. The van der Waals surface area contributed by atoms with E-state index < -0.39 is 29.6 Å². The van der Waals surface area contributed by atoms with Crippen molar-refractivity contribution in [3.63, 3.8) is 0 Å². The molecule has 0 bridgehead atoms. The summed E-state index contributed by atoms with van der Waals surface area (Å²) in [5.41, 5.74) is 2.81. The van der Waals surface area contributed by atoms with Crippen molar-refractivity contribution in [3.05, 3.63) is 72.3 Å². The van der Waals surface area contributed by atoms with Crippen LogP contribution >= 0.6 is 0 Å². The highest BCUT2D eigenvalue weighted by Gasteiger charge is 2.38. The second-order valence-corrected chi connectivity index (χ2v) is 8.10. The van der Waals surface area contributed by atoms with Crippen LogP contribution in [0.15, 0.2) is 61.2 Å². The molecule has 0 saturated heterocycles. The van der Waals surface area contributed by atoms with Gasteiger partial charge in [0.25, 0.3) is 0 Å². The largest absolute Gasteiger partial charge is 0.480 e. The number of aliphatic carboxylic acids is 1. The number of hydrogen-bond donors (Lipinski definition) is 3. The lowest BCUT2D eigenvalue weighted by Gasteiger charge is -2.30. The number of carbonyl (C=O) groups excluding carboxylic acids is 2. The Kier molecular flexibility index (Phi) is 7.50. The maximum Gasteiger partial charge on any atom is 0.408 e. The van der Waals surface area contributed by atoms with Gasteiger partial charge in [0.05, 0.1) is 6.61 Å². The average Bonchev–Trinajstić information content (AvgIpc) is 3.11. The molecule has 8 nitrogen and oxygen atoms in total. The quantitative estimate of drug-likeness (QED) is 0.478. The third-order valence-electron chi connectivity index (χ3n) is 5.66. The van der Waals surface area contributed by atoms with Gasteiger partial charge in [-0.3, -0.25) is 4.79 Å². The molecule has 2 aromatic rings. The number of nitrogens with one attached hydrogen (secondary N) is 2. The predicted octanol–water partition coefficient (Wildman–Crippen LogP) is 3.08. The van der Waals surface area contributed by atoms with Crippen LogP contribution < -0.4 is 10.6 Å². The van der Waals surface area contributed by atoms with E-state index in [9.17, 15) is 19.5 Å². The van der Waals surface area contributed by atoms with E-state index >= 15 is 0 Å². The molecule has 0 fully saturated rings. The molecule has 0 radical (unpaired) electrons. The van der Waals surface area contributed by atoms with E-state index in [1.807, 2.05) is 48.5 Å². The molecule has 0 aliphatic heterocycles. The summed E-state index contributed by atoms with van der Waals surface area (Å²) in [7, 11) is 1.38. The van der Waals surface area contributed by atoms with Crippen molar-refractivity contribution in [2.75, 3.05) is 20.3 Å². The van der Waals surface area contributed by atoms with Crippen LogP contribution in [0, 0.1) is 0 Å². The van der Waals surface area contributed by atoms with Crippen molar-refractivity contribution in [2.45, 2.75) is 30.8 Å². The first-order valence-corrected chi connectivity index (χ1v) is 10.6. The Balaban J connectivity index is 1.70. The lowest BCUT2D eigenvalue weighted by atomic mass is 9.98. The van der Waals surface area contributed by atoms with Gasteiger partial charge in [-0.25, -0.2) is 9.59 Å². The van der Waals surface area contributed by atoms with Crippen molar-refractivity contribution in [1.29, 1.82) is 0 Å². The molecule has 0 spiro atoms. The molecule has 2 atom stereocenters. The van der Waals surface area contributed by atoms with Crippen LogP contribution in [0.4, 0.5) is 4.79 Å². The number of fused-ring (bicyclic) bond motifs is 3. The Morgan fingerprint density at radius 3 is 2.21 bits per heavy atom. The Morgan fingerprint density at radius 2 is 1.70 bits per heavy atom. The van der Waals surface area contributed by atoms with Gasteiger partial charge in [-0.15, -0.1) is 6.58 Å². The van der Waals surface area contributed by atoms with Crippen LogP contribution in [-0.4, -0.2) is 55.0 Å². The first-order chi connectivity index (χ1) is 15.8. The van der Waals surface area contributed by atoms with E-state index in [1.165, 1.54) is 20.1 Å². The molecule has 1 aliphatic rings. The van der Waals surface area contributed by atoms with E-state index in [0.717, 1.165) is 22.3 Å². The Bertz CT molecular complexity index is 1010. The second-order valence-electron chi connectivity index (χ2n) is 8.10. The number of hydrogen-bond acceptors (Lipinski definition) is 5. The molecule has 0 aromatic heterocycles. The molecule has 0 heterocycles. The third-order valence-corrected chi connectivity index (χ3v) is 5.66.